The Kier molecular flexibility index (Phi) is 2.87. The maximum absolute atomic E-state index is 11.1. The zero-order chi connectivity index (χ0) is 9.84. The van der Waals surface area contributed by atoms with Crippen LogP contribution in [0.3, 0.4) is 0 Å². The molecule has 13 heavy (non-hydrogen) atoms. The smallest absolute Gasteiger partial charge is 0.240 e. The molecule has 5 N–H and O–H groups in total. The van der Waals surface area contributed by atoms with Crippen molar-refractivity contribution in [3.05, 3.63) is 24.3 Å². The Bertz CT molecular complexity index is 309. The summed E-state index contributed by atoms with van der Waals surface area (Å²) < 4.78 is 0. The fourth-order valence-electron chi connectivity index (χ4n) is 0.873. The van der Waals surface area contributed by atoms with Crippen LogP contribution in [-0.2, 0) is 4.79 Å². The van der Waals surface area contributed by atoms with E-state index >= 15 is 0 Å². The molecule has 0 saturated heterocycles. The minimum absolute atomic E-state index is 0.217. The number of amides is 1. The Hall–Kier alpha value is -1.55. The highest BCUT2D eigenvalue weighted by atomic mass is 16.2. The number of nitrogens with one attached hydrogen (secondary N) is 1. The summed E-state index contributed by atoms with van der Waals surface area (Å²) in [6, 6.07) is 6.45. The van der Waals surface area contributed by atoms with Gasteiger partial charge in [-0.1, -0.05) is 6.07 Å². The summed E-state index contributed by atoms with van der Waals surface area (Å²) in [5, 5.41) is 2.64. The first-order valence-corrected chi connectivity index (χ1v) is 4.01. The third kappa shape index (κ3) is 2.76. The van der Waals surface area contributed by atoms with Crippen LogP contribution in [-0.4, -0.2) is 11.9 Å². The van der Waals surface area contributed by atoms with Gasteiger partial charge in [0.2, 0.25) is 5.91 Å². The largest absolute Gasteiger partial charge is 0.399 e. The second-order valence-corrected chi connectivity index (χ2v) is 2.90. The van der Waals surface area contributed by atoms with Gasteiger partial charge >= 0.3 is 0 Å². The lowest BCUT2D eigenvalue weighted by Crippen LogP contribution is -2.32. The second-order valence-electron chi connectivity index (χ2n) is 2.90. The summed E-state index contributed by atoms with van der Waals surface area (Å²) in [6.07, 6.45) is 0. The van der Waals surface area contributed by atoms with Crippen molar-refractivity contribution in [1.82, 2.24) is 0 Å². The van der Waals surface area contributed by atoms with Crippen molar-refractivity contribution in [2.45, 2.75) is 13.0 Å². The van der Waals surface area contributed by atoms with Crippen molar-refractivity contribution in [3.8, 4) is 0 Å². The van der Waals surface area contributed by atoms with Crippen LogP contribution in [0.5, 0.6) is 0 Å². The van der Waals surface area contributed by atoms with Gasteiger partial charge in [0.05, 0.1) is 6.04 Å². The monoisotopic (exact) mass is 179 g/mol. The number of nitrogens with two attached hydrogens (primary N) is 2. The summed E-state index contributed by atoms with van der Waals surface area (Å²) in [7, 11) is 0. The average molecular weight is 179 g/mol. The molecule has 1 amide bonds. The molecule has 0 spiro atoms. The van der Waals surface area contributed by atoms with Crippen molar-refractivity contribution in [3.63, 3.8) is 0 Å². The summed E-state index contributed by atoms with van der Waals surface area (Å²) in [6.45, 7) is 1.63. The van der Waals surface area contributed by atoms with E-state index < -0.39 is 6.04 Å². The number of anilines is 2. The van der Waals surface area contributed by atoms with E-state index in [0.29, 0.717) is 11.4 Å². The third-order valence-electron chi connectivity index (χ3n) is 1.57. The molecule has 0 radical (unpaired) electrons. The fourth-order valence-corrected chi connectivity index (χ4v) is 0.873. The standard InChI is InChI=1S/C9H13N3O/c1-6(10)9(13)12-8-4-2-3-7(11)5-8/h2-6H,10-11H2,1H3,(H,12,13)/t6-/m0/s1. The molecule has 0 fully saturated rings. The van der Waals surface area contributed by atoms with Crippen molar-refractivity contribution in [2.75, 3.05) is 11.1 Å². The Balaban J connectivity index is 2.69. The Morgan fingerprint density at radius 1 is 1.54 bits per heavy atom. The lowest BCUT2D eigenvalue weighted by Gasteiger charge is -2.07. The highest BCUT2D eigenvalue weighted by Crippen LogP contribution is 2.11. The van der Waals surface area contributed by atoms with E-state index in [2.05, 4.69) is 5.32 Å². The molecule has 0 aliphatic rings. The highest BCUT2D eigenvalue weighted by molar-refractivity contribution is 5.94. The molecule has 1 aromatic carbocycles. The van der Waals surface area contributed by atoms with Crippen molar-refractivity contribution in [2.24, 2.45) is 5.73 Å². The van der Waals surface area contributed by atoms with Crippen LogP contribution in [0.2, 0.25) is 0 Å². The normalized spacial score (nSPS) is 12.2. The summed E-state index contributed by atoms with van der Waals surface area (Å²) in [4.78, 5) is 11.1. The Morgan fingerprint density at radius 2 is 2.23 bits per heavy atom. The summed E-state index contributed by atoms with van der Waals surface area (Å²) in [5.41, 5.74) is 12.2. The van der Waals surface area contributed by atoms with Crippen LogP contribution >= 0.6 is 0 Å². The van der Waals surface area contributed by atoms with Gasteiger partial charge in [0, 0.05) is 11.4 Å². The maximum Gasteiger partial charge on any atom is 0.240 e. The van der Waals surface area contributed by atoms with E-state index in [1.54, 1.807) is 31.2 Å². The first-order chi connectivity index (χ1) is 6.09. The zero-order valence-corrected chi connectivity index (χ0v) is 7.45. The fraction of sp³-hybridized carbons (Fsp3) is 0.222. The van der Waals surface area contributed by atoms with Crippen molar-refractivity contribution < 1.29 is 4.79 Å². The van der Waals surface area contributed by atoms with Gasteiger partial charge in [-0.3, -0.25) is 4.79 Å². The summed E-state index contributed by atoms with van der Waals surface area (Å²) >= 11 is 0. The molecule has 70 valence electrons. The number of rotatable bonds is 2. The zero-order valence-electron chi connectivity index (χ0n) is 7.45. The van der Waals surface area contributed by atoms with Crippen LogP contribution < -0.4 is 16.8 Å². The molecule has 0 unspecified atom stereocenters. The molecular weight excluding hydrogens is 166 g/mol. The predicted octanol–water partition coefficient (Wildman–Crippen LogP) is 0.554. The number of benzene rings is 1. The maximum atomic E-state index is 11.1. The molecule has 4 heteroatoms. The predicted molar refractivity (Wildman–Crippen MR) is 53.1 cm³/mol. The van der Waals surface area contributed by atoms with E-state index in [4.69, 9.17) is 11.5 Å². The van der Waals surface area contributed by atoms with Crippen LogP contribution in [0, 0.1) is 0 Å². The molecule has 4 nitrogen and oxygen atoms in total. The lowest BCUT2D eigenvalue weighted by atomic mass is 10.2. The molecule has 1 rings (SSSR count). The highest BCUT2D eigenvalue weighted by Gasteiger charge is 2.06. The molecular formula is C9H13N3O. The van der Waals surface area contributed by atoms with Gasteiger partial charge in [-0.2, -0.15) is 0 Å². The molecule has 1 aromatic rings. The Labute approximate surface area is 76.9 Å². The van der Waals surface area contributed by atoms with Crippen LogP contribution in [0.1, 0.15) is 6.92 Å². The van der Waals surface area contributed by atoms with Gasteiger partial charge in [0.25, 0.3) is 0 Å². The Morgan fingerprint density at radius 3 is 2.77 bits per heavy atom. The van der Waals surface area contributed by atoms with Gasteiger partial charge in [0.1, 0.15) is 0 Å². The van der Waals surface area contributed by atoms with Gasteiger partial charge in [-0.15, -0.1) is 0 Å². The van der Waals surface area contributed by atoms with Crippen LogP contribution in [0.25, 0.3) is 0 Å². The minimum atomic E-state index is -0.513. The second kappa shape index (κ2) is 3.91. The number of carbonyl (C=O) groups is 1. The minimum Gasteiger partial charge on any atom is -0.399 e. The number of carbonyl (C=O) groups excluding carboxylic acids is 1. The number of hydrogen-bond acceptors (Lipinski definition) is 3. The van der Waals surface area contributed by atoms with Crippen LogP contribution in [0.4, 0.5) is 11.4 Å². The van der Waals surface area contributed by atoms with Gasteiger partial charge in [0.15, 0.2) is 0 Å². The quantitative estimate of drug-likeness (QED) is 0.580. The topological polar surface area (TPSA) is 81.1 Å². The molecule has 0 heterocycles. The average Bonchev–Trinajstić information content (AvgIpc) is 2.04. The molecule has 1 atom stereocenters. The van der Waals surface area contributed by atoms with E-state index in [-0.39, 0.29) is 5.91 Å². The van der Waals surface area contributed by atoms with Gasteiger partial charge in [-0.05, 0) is 25.1 Å². The molecule has 0 saturated carbocycles. The number of nitrogen functional groups attached to an aromatic ring is 1. The van der Waals surface area contributed by atoms with E-state index in [9.17, 15) is 4.79 Å². The summed E-state index contributed by atoms with van der Waals surface area (Å²) in [5.74, 6) is -0.217. The van der Waals surface area contributed by atoms with E-state index in [0.717, 1.165) is 0 Å². The molecule has 0 aliphatic heterocycles. The SMILES string of the molecule is C[C@H](N)C(=O)Nc1cccc(N)c1. The van der Waals surface area contributed by atoms with E-state index in [1.807, 2.05) is 0 Å². The number of hydrogen-bond donors (Lipinski definition) is 3. The van der Waals surface area contributed by atoms with Gasteiger partial charge in [-0.25, -0.2) is 0 Å². The third-order valence-corrected chi connectivity index (χ3v) is 1.57. The van der Waals surface area contributed by atoms with E-state index in [1.165, 1.54) is 0 Å². The van der Waals surface area contributed by atoms with Crippen molar-refractivity contribution in [1.29, 1.82) is 0 Å². The first kappa shape index (κ1) is 9.54. The molecule has 0 aliphatic carbocycles. The molecule has 0 aromatic heterocycles. The molecule has 0 bridgehead atoms. The van der Waals surface area contributed by atoms with Crippen molar-refractivity contribution >= 4 is 17.3 Å². The lowest BCUT2D eigenvalue weighted by molar-refractivity contribution is -0.117. The first-order valence-electron chi connectivity index (χ1n) is 4.01. The van der Waals surface area contributed by atoms with Crippen LogP contribution in [0.15, 0.2) is 24.3 Å². The van der Waals surface area contributed by atoms with Gasteiger partial charge < -0.3 is 16.8 Å².